The fraction of sp³-hybridized carbons (Fsp3) is 0.462. The smallest absolute Gasteiger partial charge is 0.136 e. The zero-order valence-electron chi connectivity index (χ0n) is 10.5. The molecule has 2 atom stereocenters. The second-order valence-electron chi connectivity index (χ2n) is 4.69. The molecule has 1 saturated heterocycles. The molecule has 3 nitrogen and oxygen atoms in total. The first-order chi connectivity index (χ1) is 9.16. The average molecular weight is 298 g/mol. The summed E-state index contributed by atoms with van der Waals surface area (Å²) < 4.78 is 13.8. The molecule has 3 rings (SSSR count). The number of benzene rings is 1. The van der Waals surface area contributed by atoms with Crippen molar-refractivity contribution >= 4 is 28.6 Å². The third-order valence-electron chi connectivity index (χ3n) is 3.38. The van der Waals surface area contributed by atoms with Crippen molar-refractivity contribution in [1.82, 2.24) is 4.90 Å². The number of thioether (sulfide) groups is 2. The Labute approximate surface area is 120 Å². The van der Waals surface area contributed by atoms with E-state index < -0.39 is 5.82 Å². The zero-order chi connectivity index (χ0) is 13.4. The molecule has 0 radical (unpaired) electrons. The van der Waals surface area contributed by atoms with E-state index >= 15 is 0 Å². The maximum Gasteiger partial charge on any atom is 0.136 e. The molecule has 1 aromatic rings. The molecule has 0 amide bonds. The van der Waals surface area contributed by atoms with Crippen LogP contribution in [0.4, 0.5) is 4.39 Å². The molecule has 2 aliphatic rings. The topological polar surface area (TPSA) is 35.8 Å². The van der Waals surface area contributed by atoms with Crippen LogP contribution in [0.3, 0.4) is 0 Å². The van der Waals surface area contributed by atoms with Crippen molar-refractivity contribution < 1.29 is 9.50 Å². The van der Waals surface area contributed by atoms with E-state index in [4.69, 9.17) is 0 Å². The highest BCUT2D eigenvalue weighted by atomic mass is 32.2. The van der Waals surface area contributed by atoms with Crippen molar-refractivity contribution in [3.63, 3.8) is 0 Å². The molecular formula is C13H15FN2OS2. The normalized spacial score (nSPS) is 27.8. The van der Waals surface area contributed by atoms with Gasteiger partial charge in [0.05, 0.1) is 17.0 Å². The number of nitrogens with zero attached hydrogens (tertiary/aromatic N) is 2. The minimum Gasteiger partial charge on any atom is -0.507 e. The number of hydrogen-bond acceptors (Lipinski definition) is 5. The predicted molar refractivity (Wildman–Crippen MR) is 79.7 cm³/mol. The third kappa shape index (κ3) is 2.49. The highest BCUT2D eigenvalue weighted by molar-refractivity contribution is 8.14. The van der Waals surface area contributed by atoms with Crippen LogP contribution < -0.4 is 0 Å². The SMILES string of the molecule is CN1CCSC1C1CSC(c2c(O)cccc2F)=N1. The van der Waals surface area contributed by atoms with Crippen LogP contribution in [-0.2, 0) is 0 Å². The molecule has 0 aliphatic carbocycles. The van der Waals surface area contributed by atoms with Crippen LogP contribution in [0.1, 0.15) is 5.56 Å². The van der Waals surface area contributed by atoms with Gasteiger partial charge in [-0.2, -0.15) is 0 Å². The molecule has 2 unspecified atom stereocenters. The standard InChI is InChI=1S/C13H15FN2OS2/c1-16-5-6-18-13(16)9-7-19-12(15-9)11-8(14)3-2-4-10(11)17/h2-4,9,13,17H,5-7H2,1H3. The number of likely N-dealkylation sites (N-methyl/N-ethyl adjacent to an activating group) is 1. The zero-order valence-corrected chi connectivity index (χ0v) is 12.2. The molecule has 1 aromatic carbocycles. The number of rotatable bonds is 2. The Balaban J connectivity index is 1.87. The van der Waals surface area contributed by atoms with E-state index in [1.165, 1.54) is 30.0 Å². The van der Waals surface area contributed by atoms with Gasteiger partial charge < -0.3 is 5.11 Å². The van der Waals surface area contributed by atoms with Gasteiger partial charge in [-0.15, -0.1) is 23.5 Å². The summed E-state index contributed by atoms with van der Waals surface area (Å²) in [5, 5.41) is 10.8. The third-order valence-corrected chi connectivity index (χ3v) is 5.90. The van der Waals surface area contributed by atoms with E-state index in [0.29, 0.717) is 10.4 Å². The van der Waals surface area contributed by atoms with Crippen molar-refractivity contribution in [2.24, 2.45) is 4.99 Å². The summed E-state index contributed by atoms with van der Waals surface area (Å²) in [6.45, 7) is 1.08. The number of hydrogen-bond donors (Lipinski definition) is 1. The van der Waals surface area contributed by atoms with Gasteiger partial charge >= 0.3 is 0 Å². The number of aromatic hydroxyl groups is 1. The van der Waals surface area contributed by atoms with Gasteiger partial charge in [0.1, 0.15) is 16.6 Å². The van der Waals surface area contributed by atoms with E-state index in [1.807, 2.05) is 11.8 Å². The Kier molecular flexibility index (Phi) is 3.73. The van der Waals surface area contributed by atoms with Crippen LogP contribution in [0.5, 0.6) is 5.75 Å². The van der Waals surface area contributed by atoms with Crippen LogP contribution in [0, 0.1) is 5.82 Å². The highest BCUT2D eigenvalue weighted by Crippen LogP contribution is 2.36. The van der Waals surface area contributed by atoms with Gasteiger partial charge in [0.2, 0.25) is 0 Å². The molecule has 2 aliphatic heterocycles. The summed E-state index contributed by atoms with van der Waals surface area (Å²) in [4.78, 5) is 6.92. The van der Waals surface area contributed by atoms with Gasteiger partial charge in [0.15, 0.2) is 0 Å². The summed E-state index contributed by atoms with van der Waals surface area (Å²) in [6, 6.07) is 4.55. The summed E-state index contributed by atoms with van der Waals surface area (Å²) in [6.07, 6.45) is 0. The fourth-order valence-electron chi connectivity index (χ4n) is 2.37. The molecule has 1 N–H and O–H groups in total. The van der Waals surface area contributed by atoms with Crippen molar-refractivity contribution in [3.8, 4) is 5.75 Å². The summed E-state index contributed by atoms with van der Waals surface area (Å²) in [5.41, 5.74) is 0.251. The van der Waals surface area contributed by atoms with Crippen LogP contribution in [0.25, 0.3) is 0 Å². The molecule has 102 valence electrons. The predicted octanol–water partition coefficient (Wildman–Crippen LogP) is 2.40. The van der Waals surface area contributed by atoms with Crippen molar-refractivity contribution in [2.45, 2.75) is 11.4 Å². The molecule has 0 aromatic heterocycles. The van der Waals surface area contributed by atoms with Crippen molar-refractivity contribution in [1.29, 1.82) is 0 Å². The average Bonchev–Trinajstić information content (AvgIpc) is 2.98. The van der Waals surface area contributed by atoms with E-state index in [1.54, 1.807) is 0 Å². The van der Waals surface area contributed by atoms with Crippen LogP contribution in [0.2, 0.25) is 0 Å². The monoisotopic (exact) mass is 298 g/mol. The number of phenols is 1. The Morgan fingerprint density at radius 3 is 3.00 bits per heavy atom. The Bertz CT molecular complexity index is 503. The number of halogens is 1. The van der Waals surface area contributed by atoms with Gasteiger partial charge in [0.25, 0.3) is 0 Å². The highest BCUT2D eigenvalue weighted by Gasteiger charge is 2.34. The van der Waals surface area contributed by atoms with Gasteiger partial charge in [-0.25, -0.2) is 4.39 Å². The van der Waals surface area contributed by atoms with Gasteiger partial charge in [0, 0.05) is 18.1 Å². The van der Waals surface area contributed by atoms with E-state index in [-0.39, 0.29) is 17.4 Å². The second kappa shape index (κ2) is 5.34. The summed E-state index contributed by atoms with van der Waals surface area (Å²) >= 11 is 3.43. The lowest BCUT2D eigenvalue weighted by Gasteiger charge is -2.21. The minimum absolute atomic E-state index is 0.0284. The van der Waals surface area contributed by atoms with Crippen molar-refractivity contribution in [3.05, 3.63) is 29.6 Å². The van der Waals surface area contributed by atoms with Crippen LogP contribution in [-0.4, -0.2) is 51.6 Å². The van der Waals surface area contributed by atoms with Gasteiger partial charge in [-0.05, 0) is 19.2 Å². The lowest BCUT2D eigenvalue weighted by Crippen LogP contribution is -2.33. The molecule has 0 spiro atoms. The first kappa shape index (κ1) is 13.3. The van der Waals surface area contributed by atoms with E-state index in [2.05, 4.69) is 16.9 Å². The lowest BCUT2D eigenvalue weighted by atomic mass is 10.2. The Morgan fingerprint density at radius 1 is 1.47 bits per heavy atom. The van der Waals surface area contributed by atoms with Crippen LogP contribution >= 0.6 is 23.5 Å². The largest absolute Gasteiger partial charge is 0.507 e. The maximum absolute atomic E-state index is 13.8. The Morgan fingerprint density at radius 2 is 2.32 bits per heavy atom. The summed E-state index contributed by atoms with van der Waals surface area (Å²) in [7, 11) is 2.10. The van der Waals surface area contributed by atoms with Gasteiger partial charge in [-0.1, -0.05) is 6.07 Å². The minimum atomic E-state index is -0.403. The molecule has 2 heterocycles. The summed E-state index contributed by atoms with van der Waals surface area (Å²) in [5.74, 6) is 1.54. The van der Waals surface area contributed by atoms with E-state index in [9.17, 15) is 9.50 Å². The molecule has 19 heavy (non-hydrogen) atoms. The number of phenolic OH excluding ortho intramolecular Hbond substituents is 1. The molecule has 1 fully saturated rings. The number of aliphatic imine (C=N–C) groups is 1. The van der Waals surface area contributed by atoms with Gasteiger partial charge in [-0.3, -0.25) is 9.89 Å². The first-order valence-corrected chi connectivity index (χ1v) is 8.20. The molecule has 6 heteroatoms. The van der Waals surface area contributed by atoms with Crippen LogP contribution in [0.15, 0.2) is 23.2 Å². The fourth-order valence-corrected chi connectivity index (χ4v) is 5.01. The first-order valence-electron chi connectivity index (χ1n) is 6.17. The maximum atomic E-state index is 13.8. The molecule has 0 saturated carbocycles. The van der Waals surface area contributed by atoms with Crippen molar-refractivity contribution in [2.75, 3.05) is 25.1 Å². The molecule has 0 bridgehead atoms. The Hall–Kier alpha value is -0.720. The lowest BCUT2D eigenvalue weighted by molar-refractivity contribution is 0.328. The van der Waals surface area contributed by atoms with E-state index in [0.717, 1.165) is 18.1 Å². The quantitative estimate of drug-likeness (QED) is 0.909. The molecular weight excluding hydrogens is 283 g/mol. The second-order valence-corrected chi connectivity index (χ2v) is 6.92.